The van der Waals surface area contributed by atoms with Crippen molar-refractivity contribution < 1.29 is 26.4 Å². The Morgan fingerprint density at radius 2 is 1.62 bits per heavy atom. The van der Waals surface area contributed by atoms with Gasteiger partial charge in [-0.2, -0.15) is 4.31 Å². The third kappa shape index (κ3) is 5.02. The molecule has 1 heterocycles. The molecule has 0 radical (unpaired) electrons. The van der Waals surface area contributed by atoms with Crippen molar-refractivity contribution in [3.05, 3.63) is 54.1 Å². The zero-order valence-electron chi connectivity index (χ0n) is 18.3. The molecule has 1 aliphatic heterocycles. The number of morpholine rings is 1. The Labute approximate surface area is 189 Å². The third-order valence-corrected chi connectivity index (χ3v) is 8.71. The Kier molecular flexibility index (Phi) is 7.06. The molecule has 2 aromatic carbocycles. The minimum atomic E-state index is -3.83. The van der Waals surface area contributed by atoms with Crippen molar-refractivity contribution in [2.24, 2.45) is 0 Å². The van der Waals surface area contributed by atoms with Crippen LogP contribution in [0.15, 0.2) is 58.3 Å². The van der Waals surface area contributed by atoms with Gasteiger partial charge in [0.15, 0.2) is 0 Å². The van der Waals surface area contributed by atoms with Crippen molar-refractivity contribution in [1.82, 2.24) is 8.61 Å². The van der Waals surface area contributed by atoms with Crippen LogP contribution < -0.4 is 5.32 Å². The molecular formula is C21H27N3O6S2. The number of amides is 1. The Hall–Kier alpha value is -2.31. The summed E-state index contributed by atoms with van der Waals surface area (Å²) in [5, 5.41) is 2.59. The van der Waals surface area contributed by atoms with Gasteiger partial charge in [0.1, 0.15) is 4.90 Å². The van der Waals surface area contributed by atoms with Crippen LogP contribution in [0.25, 0.3) is 0 Å². The number of nitrogens with zero attached hydrogens (tertiary/aromatic N) is 2. The van der Waals surface area contributed by atoms with Crippen LogP contribution >= 0.6 is 0 Å². The highest BCUT2D eigenvalue weighted by Gasteiger charge is 2.32. The zero-order valence-corrected chi connectivity index (χ0v) is 20.0. The summed E-state index contributed by atoms with van der Waals surface area (Å²) in [6.07, 6.45) is -0.481. The van der Waals surface area contributed by atoms with E-state index in [1.54, 1.807) is 26.0 Å². The van der Waals surface area contributed by atoms with Gasteiger partial charge in [-0.05, 0) is 44.2 Å². The van der Waals surface area contributed by atoms with E-state index in [1.807, 2.05) is 0 Å². The van der Waals surface area contributed by atoms with E-state index in [4.69, 9.17) is 4.74 Å². The average Bonchev–Trinajstić information content (AvgIpc) is 2.73. The number of carbonyl (C=O) groups is 1. The van der Waals surface area contributed by atoms with Crippen LogP contribution in [-0.4, -0.2) is 70.7 Å². The first-order valence-corrected chi connectivity index (χ1v) is 12.9. The number of anilines is 1. The highest BCUT2D eigenvalue weighted by atomic mass is 32.2. The number of sulfonamides is 2. The third-order valence-electron chi connectivity index (χ3n) is 5.01. The highest BCUT2D eigenvalue weighted by molar-refractivity contribution is 7.89. The molecule has 9 nitrogen and oxygen atoms in total. The largest absolute Gasteiger partial charge is 0.373 e. The van der Waals surface area contributed by atoms with Gasteiger partial charge in [-0.25, -0.2) is 21.1 Å². The molecule has 0 spiro atoms. The van der Waals surface area contributed by atoms with Gasteiger partial charge in [-0.15, -0.1) is 0 Å². The van der Waals surface area contributed by atoms with Crippen molar-refractivity contribution in [3.63, 3.8) is 0 Å². The Morgan fingerprint density at radius 1 is 1.00 bits per heavy atom. The molecule has 2 aromatic rings. The predicted molar refractivity (Wildman–Crippen MR) is 120 cm³/mol. The number of para-hydroxylation sites is 1. The maximum absolute atomic E-state index is 13.1. The number of rotatable bonds is 6. The van der Waals surface area contributed by atoms with Crippen LogP contribution in [0.2, 0.25) is 0 Å². The van der Waals surface area contributed by atoms with E-state index < -0.39 is 26.0 Å². The molecule has 0 aliphatic carbocycles. The van der Waals surface area contributed by atoms with Crippen LogP contribution in [0.5, 0.6) is 0 Å². The maximum Gasteiger partial charge on any atom is 0.255 e. The maximum atomic E-state index is 13.1. The quantitative estimate of drug-likeness (QED) is 0.675. The Morgan fingerprint density at radius 3 is 2.25 bits per heavy atom. The normalized spacial score (nSPS) is 20.3. The summed E-state index contributed by atoms with van der Waals surface area (Å²) in [6, 6.07) is 11.7. The van der Waals surface area contributed by atoms with Crippen LogP contribution in [0.1, 0.15) is 24.2 Å². The van der Waals surface area contributed by atoms with Crippen LogP contribution in [0.3, 0.4) is 0 Å². The summed E-state index contributed by atoms with van der Waals surface area (Å²) >= 11 is 0. The van der Waals surface area contributed by atoms with E-state index in [9.17, 15) is 21.6 Å². The molecule has 1 saturated heterocycles. The molecule has 1 fully saturated rings. The van der Waals surface area contributed by atoms with E-state index in [-0.39, 0.29) is 46.3 Å². The van der Waals surface area contributed by atoms with Crippen molar-refractivity contribution in [3.8, 4) is 0 Å². The lowest BCUT2D eigenvalue weighted by Crippen LogP contribution is -2.48. The number of ether oxygens (including phenoxy) is 1. The van der Waals surface area contributed by atoms with Gasteiger partial charge in [0, 0.05) is 32.7 Å². The molecule has 1 amide bonds. The monoisotopic (exact) mass is 481 g/mol. The lowest BCUT2D eigenvalue weighted by molar-refractivity contribution is -0.0440. The van der Waals surface area contributed by atoms with Gasteiger partial charge in [-0.1, -0.05) is 18.2 Å². The molecular weight excluding hydrogens is 454 g/mol. The van der Waals surface area contributed by atoms with E-state index >= 15 is 0 Å². The molecule has 11 heteroatoms. The molecule has 0 saturated carbocycles. The first-order valence-electron chi connectivity index (χ1n) is 10.0. The lowest BCUT2D eigenvalue weighted by atomic mass is 10.2. The SMILES string of the molecule is CC1CN(S(=O)(=O)c2cccc(C(=O)Nc3ccccc3S(=O)(=O)N(C)C)c2)CC(C)O1. The minimum Gasteiger partial charge on any atom is -0.373 e. The van der Waals surface area contributed by atoms with Crippen molar-refractivity contribution in [2.45, 2.75) is 35.8 Å². The zero-order chi connectivity index (χ0) is 23.7. The fourth-order valence-electron chi connectivity index (χ4n) is 3.46. The van der Waals surface area contributed by atoms with Crippen LogP contribution in [0, 0.1) is 0 Å². The van der Waals surface area contributed by atoms with Gasteiger partial charge < -0.3 is 10.1 Å². The van der Waals surface area contributed by atoms with Gasteiger partial charge in [-0.3, -0.25) is 4.79 Å². The molecule has 1 aliphatic rings. The summed E-state index contributed by atoms with van der Waals surface area (Å²) in [5.41, 5.74) is 0.202. The van der Waals surface area contributed by atoms with Crippen LogP contribution in [-0.2, 0) is 24.8 Å². The summed E-state index contributed by atoms with van der Waals surface area (Å²) in [5.74, 6) is -0.618. The predicted octanol–water partition coefficient (Wildman–Crippen LogP) is 1.99. The number of carbonyl (C=O) groups excluding carboxylic acids is 1. The second-order valence-corrected chi connectivity index (χ2v) is 11.9. The molecule has 2 atom stereocenters. The number of hydrogen-bond donors (Lipinski definition) is 1. The second-order valence-electron chi connectivity index (χ2n) is 7.84. The van der Waals surface area contributed by atoms with Gasteiger partial charge >= 0.3 is 0 Å². The smallest absolute Gasteiger partial charge is 0.255 e. The molecule has 1 N–H and O–H groups in total. The summed E-state index contributed by atoms with van der Waals surface area (Å²) in [7, 11) is -4.82. The first kappa shape index (κ1) is 24.3. The second kappa shape index (κ2) is 9.28. The van der Waals surface area contributed by atoms with Crippen LogP contribution in [0.4, 0.5) is 5.69 Å². The molecule has 0 bridgehead atoms. The highest BCUT2D eigenvalue weighted by Crippen LogP contribution is 2.25. The lowest BCUT2D eigenvalue weighted by Gasteiger charge is -2.34. The molecule has 3 rings (SSSR count). The first-order chi connectivity index (χ1) is 14.9. The Balaban J connectivity index is 1.89. The van der Waals surface area contributed by atoms with Crippen molar-refractivity contribution in [1.29, 1.82) is 0 Å². The molecule has 174 valence electrons. The van der Waals surface area contributed by atoms with E-state index in [2.05, 4.69) is 5.32 Å². The number of benzene rings is 2. The summed E-state index contributed by atoms with van der Waals surface area (Å²) < 4.78 is 59.4. The van der Waals surface area contributed by atoms with Gasteiger partial charge in [0.25, 0.3) is 5.91 Å². The van der Waals surface area contributed by atoms with Gasteiger partial charge in [0.2, 0.25) is 20.0 Å². The van der Waals surface area contributed by atoms with E-state index in [0.29, 0.717) is 0 Å². The summed E-state index contributed by atoms with van der Waals surface area (Å²) in [6.45, 7) is 4.06. The number of hydrogen-bond acceptors (Lipinski definition) is 6. The molecule has 0 aromatic heterocycles. The fraction of sp³-hybridized carbons (Fsp3) is 0.381. The molecule has 32 heavy (non-hydrogen) atoms. The van der Waals surface area contributed by atoms with Crippen molar-refractivity contribution >= 4 is 31.6 Å². The standard InChI is InChI=1S/C21H27N3O6S2/c1-15-13-24(14-16(2)30-15)31(26,27)18-9-7-8-17(12-18)21(25)22-19-10-5-6-11-20(19)32(28,29)23(3)4/h5-12,15-16H,13-14H2,1-4H3,(H,22,25). The summed E-state index contributed by atoms with van der Waals surface area (Å²) in [4.78, 5) is 12.8. The van der Waals surface area contributed by atoms with E-state index in [1.165, 1.54) is 54.8 Å². The van der Waals surface area contributed by atoms with Crippen molar-refractivity contribution in [2.75, 3.05) is 32.5 Å². The average molecular weight is 482 g/mol. The van der Waals surface area contributed by atoms with Gasteiger partial charge in [0.05, 0.1) is 22.8 Å². The fourth-order valence-corrected chi connectivity index (χ4v) is 6.14. The Bertz CT molecular complexity index is 1200. The molecule has 2 unspecified atom stereocenters. The topological polar surface area (TPSA) is 113 Å². The van der Waals surface area contributed by atoms with E-state index in [0.717, 1.165) is 4.31 Å². The minimum absolute atomic E-state index is 0.0133. The number of nitrogens with one attached hydrogen (secondary N) is 1.